The number of hydrogen-bond acceptors (Lipinski definition) is 3. The van der Waals surface area contributed by atoms with Gasteiger partial charge < -0.3 is 9.84 Å². The zero-order valence-electron chi connectivity index (χ0n) is 7.34. The summed E-state index contributed by atoms with van der Waals surface area (Å²) in [6.07, 6.45) is 6.36. The van der Waals surface area contributed by atoms with Gasteiger partial charge in [0.2, 0.25) is 0 Å². The molecular weight excluding hydrogens is 166 g/mol. The first-order valence-corrected chi connectivity index (χ1v) is 4.16. The first-order valence-electron chi connectivity index (χ1n) is 4.16. The maximum absolute atomic E-state index is 9.82. The summed E-state index contributed by atoms with van der Waals surface area (Å²) in [6.45, 7) is 0. The maximum Gasteiger partial charge on any atom is 0.109 e. The van der Waals surface area contributed by atoms with Crippen LogP contribution >= 0.6 is 0 Å². The standard InChI is InChI=1S/C10H11NO2/c1-13-9-3-2-7-6-11-5-4-8(7)10(9)12/h2-6,9-10,12H,1H3. The van der Waals surface area contributed by atoms with Crippen molar-refractivity contribution < 1.29 is 9.84 Å². The molecule has 1 heterocycles. The zero-order valence-corrected chi connectivity index (χ0v) is 7.34. The van der Waals surface area contributed by atoms with Crippen LogP contribution in [0.3, 0.4) is 0 Å². The van der Waals surface area contributed by atoms with Crippen LogP contribution in [0.4, 0.5) is 0 Å². The molecule has 1 aromatic rings. The number of aliphatic hydroxyl groups excluding tert-OH is 1. The molecular formula is C10H11NO2. The molecule has 0 spiro atoms. The Hall–Kier alpha value is -1.19. The Morgan fingerprint density at radius 1 is 1.54 bits per heavy atom. The van der Waals surface area contributed by atoms with Crippen molar-refractivity contribution in [2.45, 2.75) is 12.2 Å². The number of aliphatic hydroxyl groups is 1. The first kappa shape index (κ1) is 8.41. The number of hydrogen-bond donors (Lipinski definition) is 1. The Balaban J connectivity index is 2.42. The molecule has 0 bridgehead atoms. The minimum Gasteiger partial charge on any atom is -0.385 e. The van der Waals surface area contributed by atoms with Gasteiger partial charge in [0.05, 0.1) is 0 Å². The van der Waals surface area contributed by atoms with E-state index in [0.717, 1.165) is 11.1 Å². The van der Waals surface area contributed by atoms with Crippen LogP contribution in [0.5, 0.6) is 0 Å². The molecule has 0 fully saturated rings. The van der Waals surface area contributed by atoms with Crippen molar-refractivity contribution in [3.8, 4) is 0 Å². The van der Waals surface area contributed by atoms with Crippen molar-refractivity contribution >= 4 is 6.08 Å². The number of nitrogens with zero attached hydrogens (tertiary/aromatic N) is 1. The van der Waals surface area contributed by atoms with Crippen LogP contribution in [0.1, 0.15) is 17.2 Å². The summed E-state index contributed by atoms with van der Waals surface area (Å²) in [5.41, 5.74) is 1.84. The minimum atomic E-state index is -0.576. The summed E-state index contributed by atoms with van der Waals surface area (Å²) in [5, 5.41) is 9.82. The molecule has 68 valence electrons. The van der Waals surface area contributed by atoms with Crippen LogP contribution in [0.15, 0.2) is 24.5 Å². The number of ether oxygens (including phenoxy) is 1. The summed E-state index contributed by atoms with van der Waals surface area (Å²) in [7, 11) is 1.59. The van der Waals surface area contributed by atoms with Gasteiger partial charge in [-0.3, -0.25) is 4.98 Å². The lowest BCUT2D eigenvalue weighted by Gasteiger charge is -2.23. The number of rotatable bonds is 1. The molecule has 3 nitrogen and oxygen atoms in total. The van der Waals surface area contributed by atoms with Crippen LogP contribution in [0, 0.1) is 0 Å². The number of fused-ring (bicyclic) bond motifs is 1. The van der Waals surface area contributed by atoms with Gasteiger partial charge in [0.1, 0.15) is 12.2 Å². The Morgan fingerprint density at radius 2 is 2.38 bits per heavy atom. The fourth-order valence-corrected chi connectivity index (χ4v) is 1.51. The topological polar surface area (TPSA) is 42.4 Å². The Bertz CT molecular complexity index is 335. The summed E-state index contributed by atoms with van der Waals surface area (Å²) in [5.74, 6) is 0. The highest BCUT2D eigenvalue weighted by Gasteiger charge is 2.23. The van der Waals surface area contributed by atoms with Gasteiger partial charge in [0, 0.05) is 19.5 Å². The van der Waals surface area contributed by atoms with Crippen LogP contribution in [0.2, 0.25) is 0 Å². The van der Waals surface area contributed by atoms with Gasteiger partial charge in [0.25, 0.3) is 0 Å². The molecule has 2 rings (SSSR count). The monoisotopic (exact) mass is 177 g/mol. The second-order valence-electron chi connectivity index (χ2n) is 3.01. The predicted molar refractivity (Wildman–Crippen MR) is 49.0 cm³/mol. The summed E-state index contributed by atoms with van der Waals surface area (Å²) in [4.78, 5) is 3.98. The summed E-state index contributed by atoms with van der Waals surface area (Å²) >= 11 is 0. The molecule has 2 atom stereocenters. The van der Waals surface area contributed by atoms with Crippen molar-refractivity contribution in [2.24, 2.45) is 0 Å². The van der Waals surface area contributed by atoms with Crippen LogP contribution in [-0.2, 0) is 4.74 Å². The van der Waals surface area contributed by atoms with Crippen LogP contribution < -0.4 is 0 Å². The molecule has 0 saturated heterocycles. The number of pyridine rings is 1. The van der Waals surface area contributed by atoms with E-state index in [9.17, 15) is 5.11 Å². The average molecular weight is 177 g/mol. The number of aromatic nitrogens is 1. The lowest BCUT2D eigenvalue weighted by Crippen LogP contribution is -2.21. The lowest BCUT2D eigenvalue weighted by molar-refractivity contribution is 0.0149. The van der Waals surface area contributed by atoms with Gasteiger partial charge in [-0.2, -0.15) is 0 Å². The molecule has 3 heteroatoms. The highest BCUT2D eigenvalue weighted by atomic mass is 16.5. The lowest BCUT2D eigenvalue weighted by atomic mass is 9.95. The van der Waals surface area contributed by atoms with Crippen LogP contribution in [-0.4, -0.2) is 23.3 Å². The third-order valence-corrected chi connectivity index (χ3v) is 2.25. The van der Waals surface area contributed by atoms with Crippen molar-refractivity contribution in [2.75, 3.05) is 7.11 Å². The quantitative estimate of drug-likeness (QED) is 0.699. The Kier molecular flexibility index (Phi) is 2.12. The van der Waals surface area contributed by atoms with E-state index in [1.54, 1.807) is 19.5 Å². The van der Waals surface area contributed by atoms with E-state index in [-0.39, 0.29) is 6.10 Å². The maximum atomic E-state index is 9.82. The molecule has 0 saturated carbocycles. The largest absolute Gasteiger partial charge is 0.385 e. The van der Waals surface area contributed by atoms with E-state index in [2.05, 4.69) is 4.98 Å². The summed E-state index contributed by atoms with van der Waals surface area (Å²) < 4.78 is 5.10. The Morgan fingerprint density at radius 3 is 3.15 bits per heavy atom. The molecule has 0 radical (unpaired) electrons. The molecule has 2 unspecified atom stereocenters. The first-order chi connectivity index (χ1) is 6.33. The summed E-state index contributed by atoms with van der Waals surface area (Å²) in [6, 6.07) is 1.82. The van der Waals surface area contributed by atoms with Gasteiger partial charge in [-0.25, -0.2) is 0 Å². The van der Waals surface area contributed by atoms with E-state index >= 15 is 0 Å². The van der Waals surface area contributed by atoms with Crippen molar-refractivity contribution in [3.63, 3.8) is 0 Å². The zero-order chi connectivity index (χ0) is 9.26. The second-order valence-corrected chi connectivity index (χ2v) is 3.01. The van der Waals surface area contributed by atoms with Gasteiger partial charge in [0.15, 0.2) is 0 Å². The third kappa shape index (κ3) is 1.36. The van der Waals surface area contributed by atoms with Crippen molar-refractivity contribution in [1.29, 1.82) is 0 Å². The fourth-order valence-electron chi connectivity index (χ4n) is 1.51. The second kappa shape index (κ2) is 3.28. The van der Waals surface area contributed by atoms with Gasteiger partial charge in [-0.1, -0.05) is 12.2 Å². The molecule has 0 aromatic carbocycles. The molecule has 1 aliphatic carbocycles. The smallest absolute Gasteiger partial charge is 0.109 e. The van der Waals surface area contributed by atoms with Crippen molar-refractivity contribution in [3.05, 3.63) is 35.7 Å². The molecule has 1 aliphatic rings. The van der Waals surface area contributed by atoms with E-state index in [4.69, 9.17) is 4.74 Å². The predicted octanol–water partition coefficient (Wildman–Crippen LogP) is 1.16. The molecule has 1 aromatic heterocycles. The molecule has 0 amide bonds. The highest BCUT2D eigenvalue weighted by Crippen LogP contribution is 2.28. The average Bonchev–Trinajstić information content (AvgIpc) is 2.19. The normalized spacial score (nSPS) is 25.7. The van der Waals surface area contributed by atoms with Crippen LogP contribution in [0.25, 0.3) is 6.08 Å². The minimum absolute atomic E-state index is 0.241. The number of methoxy groups -OCH3 is 1. The Labute approximate surface area is 76.7 Å². The van der Waals surface area contributed by atoms with Gasteiger partial charge >= 0.3 is 0 Å². The van der Waals surface area contributed by atoms with Gasteiger partial charge in [-0.15, -0.1) is 0 Å². The molecule has 13 heavy (non-hydrogen) atoms. The van der Waals surface area contributed by atoms with E-state index in [1.165, 1.54) is 0 Å². The van der Waals surface area contributed by atoms with Crippen molar-refractivity contribution in [1.82, 2.24) is 4.98 Å². The highest BCUT2D eigenvalue weighted by molar-refractivity contribution is 5.57. The van der Waals surface area contributed by atoms with Gasteiger partial charge in [-0.05, 0) is 17.2 Å². The molecule has 0 aliphatic heterocycles. The molecule has 1 N–H and O–H groups in total. The van der Waals surface area contributed by atoms with E-state index < -0.39 is 6.10 Å². The van der Waals surface area contributed by atoms with E-state index in [1.807, 2.05) is 18.2 Å². The van der Waals surface area contributed by atoms with E-state index in [0.29, 0.717) is 0 Å². The third-order valence-electron chi connectivity index (χ3n) is 2.25. The SMILES string of the molecule is COC1C=Cc2cnccc2C1O. The fraction of sp³-hybridized carbons (Fsp3) is 0.300.